The molecule has 134 valence electrons. The standard InChI is InChI=1S/C19H18N8/c1-2-6-16(7-3-1)27-17(21-14-22-27)12-25-9-10-26-18(13-25)23-24-19(26)15-5-4-8-20-11-15/h1-8,11,14H,9-10,12-13H2. The third-order valence-electron chi connectivity index (χ3n) is 4.74. The van der Waals surface area contributed by atoms with Crippen LogP contribution < -0.4 is 0 Å². The van der Waals surface area contributed by atoms with E-state index in [2.05, 4.69) is 34.7 Å². The molecule has 0 fully saturated rings. The van der Waals surface area contributed by atoms with Gasteiger partial charge in [0.15, 0.2) is 5.82 Å². The van der Waals surface area contributed by atoms with Crippen molar-refractivity contribution in [1.82, 2.24) is 39.4 Å². The molecule has 5 rings (SSSR count). The highest BCUT2D eigenvalue weighted by molar-refractivity contribution is 5.53. The minimum atomic E-state index is 0.712. The van der Waals surface area contributed by atoms with Gasteiger partial charge in [0.2, 0.25) is 0 Å². The Morgan fingerprint density at radius 2 is 1.89 bits per heavy atom. The van der Waals surface area contributed by atoms with Crippen molar-refractivity contribution < 1.29 is 0 Å². The zero-order valence-electron chi connectivity index (χ0n) is 14.7. The van der Waals surface area contributed by atoms with Crippen LogP contribution in [0.3, 0.4) is 0 Å². The van der Waals surface area contributed by atoms with Crippen LogP contribution in [0.2, 0.25) is 0 Å². The molecular formula is C19H18N8. The molecule has 3 aromatic heterocycles. The fourth-order valence-corrected chi connectivity index (χ4v) is 3.41. The summed E-state index contributed by atoms with van der Waals surface area (Å²) in [7, 11) is 0. The zero-order chi connectivity index (χ0) is 18.1. The van der Waals surface area contributed by atoms with E-state index in [1.807, 2.05) is 53.3 Å². The lowest BCUT2D eigenvalue weighted by Gasteiger charge is -2.27. The van der Waals surface area contributed by atoms with E-state index in [1.165, 1.54) is 0 Å². The Kier molecular flexibility index (Phi) is 3.95. The number of benzene rings is 1. The SMILES string of the molecule is c1ccc(-n2ncnc2CN2CCn3c(nnc3-c3cccnc3)C2)cc1. The summed E-state index contributed by atoms with van der Waals surface area (Å²) in [6, 6.07) is 14.0. The Labute approximate surface area is 156 Å². The summed E-state index contributed by atoms with van der Waals surface area (Å²) in [6.45, 7) is 3.19. The number of nitrogens with zero attached hydrogens (tertiary/aromatic N) is 8. The number of rotatable bonds is 4. The maximum atomic E-state index is 4.45. The van der Waals surface area contributed by atoms with Gasteiger partial charge in [-0.1, -0.05) is 18.2 Å². The van der Waals surface area contributed by atoms with Crippen molar-refractivity contribution in [3.8, 4) is 17.1 Å². The van der Waals surface area contributed by atoms with Crippen LogP contribution >= 0.6 is 0 Å². The Morgan fingerprint density at radius 1 is 0.963 bits per heavy atom. The monoisotopic (exact) mass is 358 g/mol. The average Bonchev–Trinajstić information content (AvgIpc) is 3.36. The predicted octanol–water partition coefficient (Wildman–Crippen LogP) is 1.94. The summed E-state index contributed by atoms with van der Waals surface area (Å²) in [5.74, 6) is 2.76. The van der Waals surface area contributed by atoms with Gasteiger partial charge in [-0.2, -0.15) is 5.10 Å². The number of hydrogen-bond donors (Lipinski definition) is 0. The fourth-order valence-electron chi connectivity index (χ4n) is 3.41. The fraction of sp³-hybridized carbons (Fsp3) is 0.211. The highest BCUT2D eigenvalue weighted by Gasteiger charge is 2.23. The predicted molar refractivity (Wildman–Crippen MR) is 98.7 cm³/mol. The smallest absolute Gasteiger partial charge is 0.165 e. The molecule has 0 saturated carbocycles. The van der Waals surface area contributed by atoms with Crippen molar-refractivity contribution in [1.29, 1.82) is 0 Å². The minimum Gasteiger partial charge on any atom is -0.309 e. The number of fused-ring (bicyclic) bond motifs is 1. The highest BCUT2D eigenvalue weighted by Crippen LogP contribution is 2.22. The molecule has 0 N–H and O–H groups in total. The van der Waals surface area contributed by atoms with Gasteiger partial charge in [0.1, 0.15) is 18.0 Å². The van der Waals surface area contributed by atoms with Crippen LogP contribution in [0.5, 0.6) is 0 Å². The third kappa shape index (κ3) is 3.00. The van der Waals surface area contributed by atoms with Crippen molar-refractivity contribution in [2.24, 2.45) is 0 Å². The zero-order valence-corrected chi connectivity index (χ0v) is 14.7. The lowest BCUT2D eigenvalue weighted by atomic mass is 10.2. The van der Waals surface area contributed by atoms with Crippen LogP contribution in [-0.2, 0) is 19.6 Å². The summed E-state index contributed by atoms with van der Waals surface area (Å²) >= 11 is 0. The molecule has 8 heteroatoms. The molecule has 0 unspecified atom stereocenters. The first-order valence-corrected chi connectivity index (χ1v) is 8.87. The van der Waals surface area contributed by atoms with E-state index in [9.17, 15) is 0 Å². The number of para-hydroxylation sites is 1. The van der Waals surface area contributed by atoms with E-state index in [0.29, 0.717) is 6.54 Å². The van der Waals surface area contributed by atoms with Gasteiger partial charge < -0.3 is 4.57 Å². The highest BCUT2D eigenvalue weighted by atomic mass is 15.4. The van der Waals surface area contributed by atoms with E-state index < -0.39 is 0 Å². The normalized spacial score (nSPS) is 14.2. The van der Waals surface area contributed by atoms with E-state index >= 15 is 0 Å². The van der Waals surface area contributed by atoms with Crippen molar-refractivity contribution in [2.75, 3.05) is 6.54 Å². The summed E-state index contributed by atoms with van der Waals surface area (Å²) in [5.41, 5.74) is 2.01. The first kappa shape index (κ1) is 15.8. The lowest BCUT2D eigenvalue weighted by molar-refractivity contribution is 0.203. The topological polar surface area (TPSA) is 77.5 Å². The van der Waals surface area contributed by atoms with Gasteiger partial charge in [-0.3, -0.25) is 9.88 Å². The summed E-state index contributed by atoms with van der Waals surface area (Å²) in [5, 5.41) is 13.2. The minimum absolute atomic E-state index is 0.712. The number of pyridine rings is 1. The molecule has 1 aromatic carbocycles. The van der Waals surface area contributed by atoms with Gasteiger partial charge in [0.05, 0.1) is 18.8 Å². The van der Waals surface area contributed by atoms with Gasteiger partial charge >= 0.3 is 0 Å². The average molecular weight is 358 g/mol. The third-order valence-corrected chi connectivity index (χ3v) is 4.74. The Balaban J connectivity index is 1.36. The Bertz CT molecular complexity index is 1040. The van der Waals surface area contributed by atoms with Crippen molar-refractivity contribution in [3.63, 3.8) is 0 Å². The molecule has 0 atom stereocenters. The van der Waals surface area contributed by atoms with Crippen LogP contribution in [-0.4, -0.2) is 46.0 Å². The molecule has 0 spiro atoms. The van der Waals surface area contributed by atoms with Gasteiger partial charge in [-0.15, -0.1) is 10.2 Å². The molecule has 27 heavy (non-hydrogen) atoms. The van der Waals surface area contributed by atoms with Gasteiger partial charge in [0, 0.05) is 31.0 Å². The number of hydrogen-bond acceptors (Lipinski definition) is 6. The summed E-state index contributed by atoms with van der Waals surface area (Å²) in [6.07, 6.45) is 5.20. The molecule has 0 amide bonds. The molecule has 1 aliphatic rings. The second-order valence-corrected chi connectivity index (χ2v) is 6.47. The molecule has 4 heterocycles. The van der Waals surface area contributed by atoms with Crippen LogP contribution in [0.1, 0.15) is 11.6 Å². The summed E-state index contributed by atoms with van der Waals surface area (Å²) in [4.78, 5) is 11.0. The Hall–Kier alpha value is -3.39. The maximum Gasteiger partial charge on any atom is 0.165 e. The van der Waals surface area contributed by atoms with Gasteiger partial charge in [-0.05, 0) is 24.3 Å². The van der Waals surface area contributed by atoms with E-state index in [0.717, 1.165) is 48.4 Å². The van der Waals surface area contributed by atoms with E-state index in [1.54, 1.807) is 12.5 Å². The van der Waals surface area contributed by atoms with Crippen LogP contribution in [0, 0.1) is 0 Å². The quantitative estimate of drug-likeness (QED) is 0.555. The number of aromatic nitrogens is 7. The molecular weight excluding hydrogens is 340 g/mol. The molecule has 0 bridgehead atoms. The second kappa shape index (κ2) is 6.73. The molecule has 1 aliphatic heterocycles. The van der Waals surface area contributed by atoms with Crippen LogP contribution in [0.25, 0.3) is 17.1 Å². The largest absolute Gasteiger partial charge is 0.309 e. The first-order chi connectivity index (χ1) is 13.4. The van der Waals surface area contributed by atoms with Crippen LogP contribution in [0.15, 0.2) is 61.2 Å². The van der Waals surface area contributed by atoms with Gasteiger partial charge in [-0.25, -0.2) is 9.67 Å². The van der Waals surface area contributed by atoms with Crippen LogP contribution in [0.4, 0.5) is 0 Å². The van der Waals surface area contributed by atoms with Crippen molar-refractivity contribution in [2.45, 2.75) is 19.6 Å². The maximum absolute atomic E-state index is 4.45. The van der Waals surface area contributed by atoms with Gasteiger partial charge in [0.25, 0.3) is 0 Å². The lowest BCUT2D eigenvalue weighted by Crippen LogP contribution is -2.34. The molecule has 0 saturated heterocycles. The molecule has 0 radical (unpaired) electrons. The Morgan fingerprint density at radius 3 is 2.74 bits per heavy atom. The first-order valence-electron chi connectivity index (χ1n) is 8.87. The van der Waals surface area contributed by atoms with Crippen molar-refractivity contribution in [3.05, 3.63) is 72.8 Å². The molecule has 0 aliphatic carbocycles. The summed E-state index contributed by atoms with van der Waals surface area (Å²) < 4.78 is 4.07. The second-order valence-electron chi connectivity index (χ2n) is 6.47. The molecule has 8 nitrogen and oxygen atoms in total. The van der Waals surface area contributed by atoms with E-state index in [4.69, 9.17) is 0 Å². The van der Waals surface area contributed by atoms with E-state index in [-0.39, 0.29) is 0 Å². The van der Waals surface area contributed by atoms with Crippen molar-refractivity contribution >= 4 is 0 Å². The molecule has 4 aromatic rings.